The number of aromatic nitrogens is 1. The number of pyridine rings is 1. The van der Waals surface area contributed by atoms with Crippen molar-refractivity contribution in [2.45, 2.75) is 0 Å². The number of rotatable bonds is 4. The second-order valence-corrected chi connectivity index (χ2v) is 3.69. The summed E-state index contributed by atoms with van der Waals surface area (Å²) in [4.78, 5) is 8.25. The molecule has 0 radical (unpaired) electrons. The van der Waals surface area contributed by atoms with Gasteiger partial charge in [-0.2, -0.15) is 0 Å². The van der Waals surface area contributed by atoms with Crippen molar-refractivity contribution in [3.8, 4) is 11.1 Å². The maximum absolute atomic E-state index is 5.39. The van der Waals surface area contributed by atoms with Gasteiger partial charge in [0.15, 0.2) is 0 Å². The molecule has 0 fully saturated rings. The summed E-state index contributed by atoms with van der Waals surface area (Å²) < 4.78 is 0. The first-order valence-corrected chi connectivity index (χ1v) is 5.60. The van der Waals surface area contributed by atoms with Crippen molar-refractivity contribution in [3.05, 3.63) is 54.4 Å². The molecule has 2 aromatic rings. The Labute approximate surface area is 101 Å². The molecule has 3 nitrogen and oxygen atoms in total. The molecule has 0 bridgehead atoms. The molecule has 2 rings (SSSR count). The van der Waals surface area contributed by atoms with Crippen LogP contribution in [-0.4, -0.2) is 24.3 Å². The van der Waals surface area contributed by atoms with Crippen molar-refractivity contribution in [1.82, 2.24) is 4.98 Å². The van der Waals surface area contributed by atoms with Crippen LogP contribution in [-0.2, 0) is 0 Å². The van der Waals surface area contributed by atoms with E-state index in [1.165, 1.54) is 5.56 Å². The van der Waals surface area contributed by atoms with Crippen LogP contribution in [0.3, 0.4) is 0 Å². The molecule has 0 saturated carbocycles. The highest BCUT2D eigenvalue weighted by Gasteiger charge is 1.96. The van der Waals surface area contributed by atoms with Crippen LogP contribution in [0, 0.1) is 0 Å². The molecule has 1 heterocycles. The lowest BCUT2D eigenvalue weighted by atomic mass is 10.0. The molecule has 1 aromatic heterocycles. The van der Waals surface area contributed by atoms with Gasteiger partial charge >= 0.3 is 0 Å². The third-order valence-electron chi connectivity index (χ3n) is 2.40. The smallest absolute Gasteiger partial charge is 0.0512 e. The van der Waals surface area contributed by atoms with E-state index in [0.717, 1.165) is 11.1 Å². The lowest BCUT2D eigenvalue weighted by molar-refractivity contribution is 0.981. The molecular weight excluding hydrogens is 210 g/mol. The molecule has 17 heavy (non-hydrogen) atoms. The largest absolute Gasteiger partial charge is 0.329 e. The first-order valence-electron chi connectivity index (χ1n) is 5.60. The van der Waals surface area contributed by atoms with Crippen LogP contribution in [0.1, 0.15) is 5.56 Å². The molecule has 0 aliphatic carbocycles. The van der Waals surface area contributed by atoms with Crippen molar-refractivity contribution >= 4 is 6.21 Å². The Hall–Kier alpha value is -2.00. The zero-order valence-electron chi connectivity index (χ0n) is 9.58. The fraction of sp³-hybridized carbons (Fsp3) is 0.143. The van der Waals surface area contributed by atoms with E-state index in [1.54, 1.807) is 12.4 Å². The van der Waals surface area contributed by atoms with Crippen LogP contribution in [0.2, 0.25) is 0 Å². The van der Waals surface area contributed by atoms with Crippen LogP contribution in [0.15, 0.2) is 53.8 Å². The lowest BCUT2D eigenvalue weighted by Crippen LogP contribution is -2.02. The van der Waals surface area contributed by atoms with E-state index in [-0.39, 0.29) is 0 Å². The Bertz CT molecular complexity index is 492. The molecule has 0 unspecified atom stereocenters. The van der Waals surface area contributed by atoms with Crippen molar-refractivity contribution in [2.75, 3.05) is 13.1 Å². The summed E-state index contributed by atoms with van der Waals surface area (Å²) in [5.74, 6) is 0. The number of benzene rings is 1. The van der Waals surface area contributed by atoms with E-state index in [4.69, 9.17) is 5.73 Å². The summed E-state index contributed by atoms with van der Waals surface area (Å²) in [5, 5.41) is 0. The quantitative estimate of drug-likeness (QED) is 0.810. The van der Waals surface area contributed by atoms with Gasteiger partial charge in [0.05, 0.1) is 6.54 Å². The van der Waals surface area contributed by atoms with Crippen molar-refractivity contribution in [2.24, 2.45) is 10.7 Å². The number of nitrogens with zero attached hydrogens (tertiary/aromatic N) is 2. The minimum absolute atomic E-state index is 0.584. The van der Waals surface area contributed by atoms with Crippen LogP contribution in [0.5, 0.6) is 0 Å². The third-order valence-corrected chi connectivity index (χ3v) is 2.40. The van der Waals surface area contributed by atoms with E-state index >= 15 is 0 Å². The molecule has 86 valence electrons. The monoisotopic (exact) mass is 225 g/mol. The van der Waals surface area contributed by atoms with E-state index in [1.807, 2.05) is 30.5 Å². The van der Waals surface area contributed by atoms with Gasteiger partial charge in [-0.25, -0.2) is 0 Å². The average Bonchev–Trinajstić information content (AvgIpc) is 2.41. The van der Waals surface area contributed by atoms with E-state index in [2.05, 4.69) is 22.1 Å². The Kier molecular flexibility index (Phi) is 4.00. The average molecular weight is 225 g/mol. The van der Waals surface area contributed by atoms with Gasteiger partial charge in [0.25, 0.3) is 0 Å². The molecule has 1 aromatic carbocycles. The Balaban J connectivity index is 2.23. The molecular formula is C14H15N3. The van der Waals surface area contributed by atoms with Gasteiger partial charge in [-0.05, 0) is 34.9 Å². The summed E-state index contributed by atoms with van der Waals surface area (Å²) in [5.41, 5.74) is 8.82. The highest BCUT2D eigenvalue weighted by Crippen LogP contribution is 2.18. The zero-order chi connectivity index (χ0) is 11.9. The SMILES string of the molecule is NCCN=Cc1cccc(-c2ccncc2)c1. The predicted octanol–water partition coefficient (Wildman–Crippen LogP) is 2.13. The topological polar surface area (TPSA) is 51.3 Å². The first-order chi connectivity index (χ1) is 8.40. The molecule has 0 aliphatic rings. The number of hydrogen-bond donors (Lipinski definition) is 1. The van der Waals surface area contributed by atoms with Gasteiger partial charge in [0.2, 0.25) is 0 Å². The summed E-state index contributed by atoms with van der Waals surface area (Å²) in [6, 6.07) is 12.2. The molecule has 0 atom stereocenters. The van der Waals surface area contributed by atoms with Crippen LogP contribution in [0.4, 0.5) is 0 Å². The molecule has 0 amide bonds. The highest BCUT2D eigenvalue weighted by atomic mass is 14.7. The molecule has 3 heteroatoms. The van der Waals surface area contributed by atoms with Crippen LogP contribution < -0.4 is 5.73 Å². The van der Waals surface area contributed by atoms with E-state index < -0.39 is 0 Å². The summed E-state index contributed by atoms with van der Waals surface area (Å²) in [6.45, 7) is 1.25. The number of aliphatic imine (C=N–C) groups is 1. The Morgan fingerprint density at radius 3 is 2.71 bits per heavy atom. The minimum atomic E-state index is 0.584. The minimum Gasteiger partial charge on any atom is -0.329 e. The van der Waals surface area contributed by atoms with Gasteiger partial charge in [-0.3, -0.25) is 9.98 Å². The maximum Gasteiger partial charge on any atom is 0.0512 e. The standard InChI is InChI=1S/C14H15N3/c15-6-9-17-11-12-2-1-3-14(10-12)13-4-7-16-8-5-13/h1-5,7-8,10-11H,6,9,15H2. The molecule has 0 aliphatic heterocycles. The lowest BCUT2D eigenvalue weighted by Gasteiger charge is -2.01. The normalized spacial score (nSPS) is 10.9. The Morgan fingerprint density at radius 2 is 1.94 bits per heavy atom. The Morgan fingerprint density at radius 1 is 1.12 bits per heavy atom. The summed E-state index contributed by atoms with van der Waals surface area (Å²) in [6.07, 6.45) is 5.45. The van der Waals surface area contributed by atoms with Gasteiger partial charge in [0.1, 0.15) is 0 Å². The van der Waals surface area contributed by atoms with Crippen LogP contribution in [0.25, 0.3) is 11.1 Å². The van der Waals surface area contributed by atoms with Gasteiger partial charge < -0.3 is 5.73 Å². The zero-order valence-corrected chi connectivity index (χ0v) is 9.58. The van der Waals surface area contributed by atoms with Crippen molar-refractivity contribution in [1.29, 1.82) is 0 Å². The van der Waals surface area contributed by atoms with E-state index in [0.29, 0.717) is 13.1 Å². The predicted molar refractivity (Wildman–Crippen MR) is 71.2 cm³/mol. The highest BCUT2D eigenvalue weighted by molar-refractivity contribution is 5.82. The van der Waals surface area contributed by atoms with Gasteiger partial charge in [-0.1, -0.05) is 18.2 Å². The summed E-state index contributed by atoms with van der Waals surface area (Å²) in [7, 11) is 0. The second kappa shape index (κ2) is 5.92. The van der Waals surface area contributed by atoms with Gasteiger partial charge in [-0.15, -0.1) is 0 Å². The summed E-state index contributed by atoms with van der Waals surface area (Å²) >= 11 is 0. The first kappa shape index (κ1) is 11.5. The maximum atomic E-state index is 5.39. The van der Waals surface area contributed by atoms with Crippen molar-refractivity contribution in [3.63, 3.8) is 0 Å². The number of hydrogen-bond acceptors (Lipinski definition) is 3. The molecule has 0 spiro atoms. The number of nitrogens with two attached hydrogens (primary N) is 1. The fourth-order valence-corrected chi connectivity index (χ4v) is 1.59. The third kappa shape index (κ3) is 3.23. The van der Waals surface area contributed by atoms with Crippen LogP contribution >= 0.6 is 0 Å². The van der Waals surface area contributed by atoms with Gasteiger partial charge in [0, 0.05) is 25.2 Å². The van der Waals surface area contributed by atoms with Crippen molar-refractivity contribution < 1.29 is 0 Å². The molecule has 0 saturated heterocycles. The fourth-order valence-electron chi connectivity index (χ4n) is 1.59. The second-order valence-electron chi connectivity index (χ2n) is 3.69. The van der Waals surface area contributed by atoms with E-state index in [9.17, 15) is 0 Å². The molecule has 2 N–H and O–H groups in total.